The summed E-state index contributed by atoms with van der Waals surface area (Å²) >= 11 is 6.06. The zero-order valence-electron chi connectivity index (χ0n) is 10.8. The lowest BCUT2D eigenvalue weighted by atomic mass is 9.96. The van der Waals surface area contributed by atoms with Crippen LogP contribution in [-0.2, 0) is 0 Å². The van der Waals surface area contributed by atoms with Crippen LogP contribution in [0.5, 0.6) is 11.5 Å². The highest BCUT2D eigenvalue weighted by molar-refractivity contribution is 6.31. The van der Waals surface area contributed by atoms with Crippen molar-refractivity contribution >= 4 is 11.6 Å². The third-order valence-electron chi connectivity index (χ3n) is 3.21. The molecule has 5 heteroatoms. The molecule has 0 radical (unpaired) electrons. The van der Waals surface area contributed by atoms with Gasteiger partial charge in [0.05, 0.1) is 0 Å². The Bertz CT molecular complexity index is 587. The van der Waals surface area contributed by atoms with E-state index in [2.05, 4.69) is 0 Å². The number of phenolic OH excluding ortho intramolecular Hbond substituents is 2. The van der Waals surface area contributed by atoms with E-state index in [0.717, 1.165) is 11.1 Å². The van der Waals surface area contributed by atoms with Crippen molar-refractivity contribution in [2.75, 3.05) is 0 Å². The SMILES string of the molecule is NC(CC(N)c1ccc(O)cc1Cl)c1ccc(O)cc1. The number of benzene rings is 2. The number of hydrogen-bond acceptors (Lipinski definition) is 4. The fourth-order valence-electron chi connectivity index (χ4n) is 2.07. The molecule has 2 atom stereocenters. The molecule has 0 aliphatic rings. The molecule has 0 saturated heterocycles. The quantitative estimate of drug-likeness (QED) is 0.697. The molecule has 0 amide bonds. The summed E-state index contributed by atoms with van der Waals surface area (Å²) in [6.07, 6.45) is 0.509. The van der Waals surface area contributed by atoms with E-state index in [1.165, 1.54) is 6.07 Å². The fourth-order valence-corrected chi connectivity index (χ4v) is 2.39. The van der Waals surface area contributed by atoms with Gasteiger partial charge in [0.25, 0.3) is 0 Å². The molecule has 2 aromatic rings. The first-order valence-electron chi connectivity index (χ1n) is 6.26. The molecule has 4 nitrogen and oxygen atoms in total. The summed E-state index contributed by atoms with van der Waals surface area (Å²) in [5, 5.41) is 19.0. The maximum atomic E-state index is 9.33. The van der Waals surface area contributed by atoms with Crippen molar-refractivity contribution in [3.8, 4) is 11.5 Å². The number of phenols is 2. The molecule has 0 spiro atoms. The Morgan fingerprint density at radius 1 is 0.900 bits per heavy atom. The van der Waals surface area contributed by atoms with Gasteiger partial charge < -0.3 is 21.7 Å². The molecule has 6 N–H and O–H groups in total. The van der Waals surface area contributed by atoms with Crippen LogP contribution in [0.3, 0.4) is 0 Å². The minimum Gasteiger partial charge on any atom is -0.508 e. The molecular weight excluding hydrogens is 276 g/mol. The number of halogens is 1. The van der Waals surface area contributed by atoms with E-state index in [1.807, 2.05) is 0 Å². The molecule has 0 fully saturated rings. The molecular formula is C15H17ClN2O2. The second-order valence-corrected chi connectivity index (χ2v) is 5.15. The van der Waals surface area contributed by atoms with Crippen LogP contribution < -0.4 is 11.5 Å². The van der Waals surface area contributed by atoms with Crippen LogP contribution in [0.2, 0.25) is 5.02 Å². The van der Waals surface area contributed by atoms with Crippen molar-refractivity contribution in [1.29, 1.82) is 0 Å². The van der Waals surface area contributed by atoms with E-state index in [-0.39, 0.29) is 23.6 Å². The average molecular weight is 293 g/mol. The maximum Gasteiger partial charge on any atom is 0.117 e. The van der Waals surface area contributed by atoms with Gasteiger partial charge in [-0.15, -0.1) is 0 Å². The normalized spacial score (nSPS) is 13.9. The predicted molar refractivity (Wildman–Crippen MR) is 79.7 cm³/mol. The van der Waals surface area contributed by atoms with E-state index in [1.54, 1.807) is 36.4 Å². The summed E-state index contributed by atoms with van der Waals surface area (Å²) in [7, 11) is 0. The Morgan fingerprint density at radius 3 is 2.10 bits per heavy atom. The summed E-state index contributed by atoms with van der Waals surface area (Å²) in [6, 6.07) is 10.9. The molecule has 0 heterocycles. The first-order valence-corrected chi connectivity index (χ1v) is 6.63. The number of hydrogen-bond donors (Lipinski definition) is 4. The van der Waals surface area contributed by atoms with E-state index >= 15 is 0 Å². The van der Waals surface area contributed by atoms with Crippen molar-refractivity contribution in [1.82, 2.24) is 0 Å². The van der Waals surface area contributed by atoms with E-state index in [9.17, 15) is 10.2 Å². The second kappa shape index (κ2) is 6.13. The summed E-state index contributed by atoms with van der Waals surface area (Å²) in [6.45, 7) is 0. The third-order valence-corrected chi connectivity index (χ3v) is 3.54. The molecule has 0 aliphatic carbocycles. The highest BCUT2D eigenvalue weighted by atomic mass is 35.5. The number of rotatable bonds is 4. The van der Waals surface area contributed by atoms with Crippen LogP contribution in [0.1, 0.15) is 29.6 Å². The highest BCUT2D eigenvalue weighted by Gasteiger charge is 2.16. The number of nitrogens with two attached hydrogens (primary N) is 2. The molecule has 106 valence electrons. The first kappa shape index (κ1) is 14.7. The Balaban J connectivity index is 2.10. The Labute approximate surface area is 122 Å². The topological polar surface area (TPSA) is 92.5 Å². The van der Waals surface area contributed by atoms with Crippen molar-refractivity contribution in [3.05, 3.63) is 58.6 Å². The maximum absolute atomic E-state index is 9.33. The lowest BCUT2D eigenvalue weighted by Gasteiger charge is -2.19. The summed E-state index contributed by atoms with van der Waals surface area (Å²) in [5.41, 5.74) is 13.9. The van der Waals surface area contributed by atoms with Crippen LogP contribution in [0, 0.1) is 0 Å². The van der Waals surface area contributed by atoms with Gasteiger partial charge in [-0.05, 0) is 41.8 Å². The molecule has 0 aromatic heterocycles. The second-order valence-electron chi connectivity index (χ2n) is 4.75. The van der Waals surface area contributed by atoms with Crippen molar-refractivity contribution < 1.29 is 10.2 Å². The van der Waals surface area contributed by atoms with E-state index in [4.69, 9.17) is 23.1 Å². The summed E-state index contributed by atoms with van der Waals surface area (Å²) in [5.74, 6) is 0.306. The predicted octanol–water partition coefficient (Wildman–Crippen LogP) is 2.84. The minimum atomic E-state index is -0.327. The van der Waals surface area contributed by atoms with Crippen LogP contribution in [0.25, 0.3) is 0 Å². The molecule has 0 aliphatic heterocycles. The van der Waals surface area contributed by atoms with Crippen LogP contribution >= 0.6 is 11.6 Å². The van der Waals surface area contributed by atoms with Gasteiger partial charge in [0.2, 0.25) is 0 Å². The van der Waals surface area contributed by atoms with Crippen molar-refractivity contribution in [3.63, 3.8) is 0 Å². The van der Waals surface area contributed by atoms with E-state index in [0.29, 0.717) is 11.4 Å². The monoisotopic (exact) mass is 292 g/mol. The van der Waals surface area contributed by atoms with Gasteiger partial charge in [0.1, 0.15) is 11.5 Å². The summed E-state index contributed by atoms with van der Waals surface area (Å²) in [4.78, 5) is 0. The zero-order chi connectivity index (χ0) is 14.7. The Kier molecular flexibility index (Phi) is 4.49. The van der Waals surface area contributed by atoms with Gasteiger partial charge in [-0.1, -0.05) is 29.8 Å². The lowest BCUT2D eigenvalue weighted by molar-refractivity contribution is 0.474. The van der Waals surface area contributed by atoms with Crippen LogP contribution in [0.15, 0.2) is 42.5 Å². The third kappa shape index (κ3) is 3.42. The first-order chi connectivity index (χ1) is 9.47. The largest absolute Gasteiger partial charge is 0.508 e. The molecule has 0 saturated carbocycles. The average Bonchev–Trinajstić information content (AvgIpc) is 2.39. The molecule has 2 aromatic carbocycles. The van der Waals surface area contributed by atoms with E-state index < -0.39 is 0 Å². The smallest absolute Gasteiger partial charge is 0.117 e. The molecule has 20 heavy (non-hydrogen) atoms. The van der Waals surface area contributed by atoms with Gasteiger partial charge in [0, 0.05) is 17.1 Å². The van der Waals surface area contributed by atoms with Crippen molar-refractivity contribution in [2.45, 2.75) is 18.5 Å². The minimum absolute atomic E-state index is 0.105. The van der Waals surface area contributed by atoms with Crippen LogP contribution in [-0.4, -0.2) is 10.2 Å². The van der Waals surface area contributed by atoms with Crippen molar-refractivity contribution in [2.24, 2.45) is 11.5 Å². The molecule has 0 bridgehead atoms. The van der Waals surface area contributed by atoms with Gasteiger partial charge >= 0.3 is 0 Å². The van der Waals surface area contributed by atoms with Gasteiger partial charge in [0.15, 0.2) is 0 Å². The lowest BCUT2D eigenvalue weighted by Crippen LogP contribution is -2.20. The Hall–Kier alpha value is -1.75. The fraction of sp³-hybridized carbons (Fsp3) is 0.200. The molecule has 2 rings (SSSR count). The standard InChI is InChI=1S/C15H17ClN2O2/c16-13-7-11(20)5-6-12(13)15(18)8-14(17)9-1-3-10(19)4-2-9/h1-7,14-15,19-20H,8,17-18H2. The molecule has 2 unspecified atom stereocenters. The number of aromatic hydroxyl groups is 2. The van der Waals surface area contributed by atoms with Gasteiger partial charge in [-0.3, -0.25) is 0 Å². The van der Waals surface area contributed by atoms with Crippen LogP contribution in [0.4, 0.5) is 0 Å². The van der Waals surface area contributed by atoms with Gasteiger partial charge in [-0.25, -0.2) is 0 Å². The summed E-state index contributed by atoms with van der Waals surface area (Å²) < 4.78 is 0. The zero-order valence-corrected chi connectivity index (χ0v) is 11.6. The van der Waals surface area contributed by atoms with Gasteiger partial charge in [-0.2, -0.15) is 0 Å². The Morgan fingerprint density at radius 2 is 1.50 bits per heavy atom. The highest BCUT2D eigenvalue weighted by Crippen LogP contribution is 2.30.